The first-order valence-electron chi connectivity index (χ1n) is 9.30. The van der Waals surface area contributed by atoms with Crippen molar-refractivity contribution < 1.29 is 14.1 Å². The molecule has 1 aromatic carbocycles. The average Bonchev–Trinajstić information content (AvgIpc) is 3.38. The molecular formula is C19H23N5O3. The van der Waals surface area contributed by atoms with Gasteiger partial charge in [0.15, 0.2) is 5.82 Å². The largest absolute Gasteiger partial charge is 0.352 e. The molecule has 2 amide bonds. The smallest absolute Gasteiger partial charge is 0.257 e. The monoisotopic (exact) mass is 369 g/mol. The standard InChI is InChI=1S/C19H23N5O3/c1-13-20-18(27-22-13)14-2-4-15(5-3-14)19(26)24-10-8-23(9-11-24)12-17(25)21-16-6-7-16/h2-5,16H,6-12H2,1H3,(H,21,25). The zero-order valence-electron chi connectivity index (χ0n) is 15.4. The van der Waals surface area contributed by atoms with E-state index in [2.05, 4.69) is 20.4 Å². The van der Waals surface area contributed by atoms with E-state index >= 15 is 0 Å². The highest BCUT2D eigenvalue weighted by atomic mass is 16.5. The third-order valence-electron chi connectivity index (χ3n) is 4.88. The molecule has 1 aliphatic heterocycles. The van der Waals surface area contributed by atoms with Crippen LogP contribution in [-0.4, -0.2) is 70.5 Å². The van der Waals surface area contributed by atoms with E-state index in [1.807, 2.05) is 17.0 Å². The van der Waals surface area contributed by atoms with Crippen molar-refractivity contribution in [3.63, 3.8) is 0 Å². The van der Waals surface area contributed by atoms with Gasteiger partial charge in [-0.2, -0.15) is 4.98 Å². The minimum Gasteiger partial charge on any atom is -0.352 e. The van der Waals surface area contributed by atoms with Crippen LogP contribution >= 0.6 is 0 Å². The number of aromatic nitrogens is 2. The first-order chi connectivity index (χ1) is 13.1. The summed E-state index contributed by atoms with van der Waals surface area (Å²) in [5.74, 6) is 1.12. The van der Waals surface area contributed by atoms with Crippen molar-refractivity contribution in [3.05, 3.63) is 35.7 Å². The quantitative estimate of drug-likeness (QED) is 0.848. The van der Waals surface area contributed by atoms with Crippen molar-refractivity contribution >= 4 is 11.8 Å². The Morgan fingerprint density at radius 1 is 1.15 bits per heavy atom. The molecule has 8 nitrogen and oxygen atoms in total. The lowest BCUT2D eigenvalue weighted by Gasteiger charge is -2.34. The second kappa shape index (κ2) is 7.48. The summed E-state index contributed by atoms with van der Waals surface area (Å²) in [5.41, 5.74) is 1.42. The highest BCUT2D eigenvalue weighted by Crippen LogP contribution is 2.19. The van der Waals surface area contributed by atoms with Gasteiger partial charge in [-0.1, -0.05) is 5.16 Å². The summed E-state index contributed by atoms with van der Waals surface area (Å²) in [7, 11) is 0. The molecule has 0 radical (unpaired) electrons. The van der Waals surface area contributed by atoms with E-state index in [9.17, 15) is 9.59 Å². The predicted molar refractivity (Wildman–Crippen MR) is 98.0 cm³/mol. The van der Waals surface area contributed by atoms with E-state index < -0.39 is 0 Å². The average molecular weight is 369 g/mol. The summed E-state index contributed by atoms with van der Waals surface area (Å²) in [5, 5.41) is 6.78. The zero-order chi connectivity index (χ0) is 18.8. The van der Waals surface area contributed by atoms with Gasteiger partial charge in [0.1, 0.15) is 0 Å². The number of hydrogen-bond acceptors (Lipinski definition) is 6. The molecule has 1 N–H and O–H groups in total. The van der Waals surface area contributed by atoms with Crippen molar-refractivity contribution in [3.8, 4) is 11.5 Å². The number of carbonyl (C=O) groups is 2. The number of nitrogens with zero attached hydrogens (tertiary/aromatic N) is 4. The Balaban J connectivity index is 1.30. The number of benzene rings is 1. The second-order valence-corrected chi connectivity index (χ2v) is 7.13. The number of piperazine rings is 1. The van der Waals surface area contributed by atoms with Gasteiger partial charge in [0.05, 0.1) is 6.54 Å². The molecule has 2 aliphatic rings. The molecule has 2 aromatic rings. The molecule has 2 fully saturated rings. The Kier molecular flexibility index (Phi) is 4.89. The van der Waals surface area contributed by atoms with E-state index in [-0.39, 0.29) is 11.8 Å². The molecule has 0 bridgehead atoms. The molecule has 0 unspecified atom stereocenters. The van der Waals surface area contributed by atoms with Crippen LogP contribution in [0, 0.1) is 6.92 Å². The van der Waals surface area contributed by atoms with Crippen LogP contribution < -0.4 is 5.32 Å². The molecule has 1 saturated carbocycles. The Labute approximate surface area is 157 Å². The summed E-state index contributed by atoms with van der Waals surface area (Å²) in [4.78, 5) is 32.7. The number of carbonyl (C=O) groups excluding carboxylic acids is 2. The Morgan fingerprint density at radius 2 is 1.85 bits per heavy atom. The maximum atomic E-state index is 12.7. The minimum atomic E-state index is 0.00495. The molecule has 1 saturated heterocycles. The van der Waals surface area contributed by atoms with Crippen LogP contribution in [0.2, 0.25) is 0 Å². The molecule has 1 aliphatic carbocycles. The second-order valence-electron chi connectivity index (χ2n) is 7.13. The van der Waals surface area contributed by atoms with Crippen molar-refractivity contribution in [2.75, 3.05) is 32.7 Å². The molecule has 8 heteroatoms. The fraction of sp³-hybridized carbons (Fsp3) is 0.474. The first-order valence-corrected chi connectivity index (χ1v) is 9.30. The van der Waals surface area contributed by atoms with Crippen LogP contribution in [0.25, 0.3) is 11.5 Å². The van der Waals surface area contributed by atoms with E-state index in [1.54, 1.807) is 19.1 Å². The summed E-state index contributed by atoms with van der Waals surface area (Å²) in [6.07, 6.45) is 2.19. The van der Waals surface area contributed by atoms with Crippen molar-refractivity contribution in [1.82, 2.24) is 25.3 Å². The third-order valence-corrected chi connectivity index (χ3v) is 4.88. The van der Waals surface area contributed by atoms with Gasteiger partial charge in [-0.25, -0.2) is 0 Å². The Morgan fingerprint density at radius 3 is 2.44 bits per heavy atom. The molecule has 1 aromatic heterocycles. The Hall–Kier alpha value is -2.74. The van der Waals surface area contributed by atoms with E-state index in [1.165, 1.54) is 0 Å². The lowest BCUT2D eigenvalue weighted by Crippen LogP contribution is -2.51. The van der Waals surface area contributed by atoms with E-state index in [4.69, 9.17) is 4.52 Å². The first kappa shape index (κ1) is 17.7. The van der Waals surface area contributed by atoms with Crippen molar-refractivity contribution in [2.45, 2.75) is 25.8 Å². The van der Waals surface area contributed by atoms with Gasteiger partial charge < -0.3 is 14.7 Å². The van der Waals surface area contributed by atoms with Crippen LogP contribution in [0.4, 0.5) is 0 Å². The van der Waals surface area contributed by atoms with Gasteiger partial charge in [0.2, 0.25) is 5.91 Å². The molecule has 0 spiro atoms. The van der Waals surface area contributed by atoms with Gasteiger partial charge >= 0.3 is 0 Å². The molecule has 27 heavy (non-hydrogen) atoms. The number of rotatable bonds is 5. The van der Waals surface area contributed by atoms with Crippen molar-refractivity contribution in [2.24, 2.45) is 0 Å². The maximum absolute atomic E-state index is 12.7. The van der Waals surface area contributed by atoms with Crippen LogP contribution in [0.3, 0.4) is 0 Å². The molecule has 142 valence electrons. The number of aryl methyl sites for hydroxylation is 1. The zero-order valence-corrected chi connectivity index (χ0v) is 15.4. The lowest BCUT2D eigenvalue weighted by atomic mass is 10.1. The third kappa shape index (κ3) is 4.33. The van der Waals surface area contributed by atoms with Crippen LogP contribution in [0.1, 0.15) is 29.0 Å². The van der Waals surface area contributed by atoms with Gasteiger partial charge in [-0.15, -0.1) is 0 Å². The number of hydrogen-bond donors (Lipinski definition) is 1. The predicted octanol–water partition coefficient (Wildman–Crippen LogP) is 1.08. The summed E-state index contributed by atoms with van der Waals surface area (Å²) in [6.45, 7) is 4.85. The maximum Gasteiger partial charge on any atom is 0.257 e. The van der Waals surface area contributed by atoms with Gasteiger partial charge in [-0.05, 0) is 44.0 Å². The van der Waals surface area contributed by atoms with Crippen LogP contribution in [0.15, 0.2) is 28.8 Å². The molecule has 2 heterocycles. The summed E-state index contributed by atoms with van der Waals surface area (Å²) >= 11 is 0. The normalized spacial score (nSPS) is 17.7. The van der Waals surface area contributed by atoms with Gasteiger partial charge in [0, 0.05) is 43.3 Å². The van der Waals surface area contributed by atoms with Crippen molar-refractivity contribution in [1.29, 1.82) is 0 Å². The highest BCUT2D eigenvalue weighted by molar-refractivity contribution is 5.94. The fourth-order valence-corrected chi connectivity index (χ4v) is 3.17. The lowest BCUT2D eigenvalue weighted by molar-refractivity contribution is -0.122. The summed E-state index contributed by atoms with van der Waals surface area (Å²) < 4.78 is 5.14. The number of nitrogens with one attached hydrogen (secondary N) is 1. The van der Waals surface area contributed by atoms with Gasteiger partial charge in [-0.3, -0.25) is 14.5 Å². The fourth-order valence-electron chi connectivity index (χ4n) is 3.17. The van der Waals surface area contributed by atoms with Gasteiger partial charge in [0.25, 0.3) is 11.8 Å². The Bertz CT molecular complexity index is 820. The van der Waals surface area contributed by atoms with Crippen LogP contribution in [0.5, 0.6) is 0 Å². The van der Waals surface area contributed by atoms with Crippen LogP contribution in [-0.2, 0) is 4.79 Å². The summed E-state index contributed by atoms with van der Waals surface area (Å²) in [6, 6.07) is 7.59. The molecular weight excluding hydrogens is 346 g/mol. The number of amides is 2. The van der Waals surface area contributed by atoms with E-state index in [0.29, 0.717) is 56.0 Å². The minimum absolute atomic E-state index is 0.00495. The van der Waals surface area contributed by atoms with E-state index in [0.717, 1.165) is 18.4 Å². The molecule has 4 rings (SSSR count). The topological polar surface area (TPSA) is 91.6 Å². The SMILES string of the molecule is Cc1noc(-c2ccc(C(=O)N3CCN(CC(=O)NC4CC4)CC3)cc2)n1. The highest BCUT2D eigenvalue weighted by Gasteiger charge is 2.26. The molecule has 0 atom stereocenters.